The Hall–Kier alpha value is -0.900. The molecule has 3 N–H and O–H groups in total. The molecule has 0 radical (unpaired) electrons. The van der Waals surface area contributed by atoms with E-state index in [0.29, 0.717) is 19.5 Å². The fourth-order valence-corrected chi connectivity index (χ4v) is 2.02. The minimum absolute atomic E-state index is 0.323. The molecule has 3 nitrogen and oxygen atoms in total. The van der Waals surface area contributed by atoms with Crippen molar-refractivity contribution in [3.63, 3.8) is 0 Å². The van der Waals surface area contributed by atoms with Crippen molar-refractivity contribution in [3.05, 3.63) is 34.9 Å². The van der Waals surface area contributed by atoms with E-state index in [-0.39, 0.29) is 6.10 Å². The first-order chi connectivity index (χ1) is 8.02. The molecule has 1 unspecified atom stereocenters. The molecule has 0 aliphatic heterocycles. The maximum Gasteiger partial charge on any atom is 0.0679 e. The van der Waals surface area contributed by atoms with E-state index < -0.39 is 0 Å². The van der Waals surface area contributed by atoms with Crippen LogP contribution in [0.1, 0.15) is 23.1 Å². The van der Waals surface area contributed by atoms with Crippen LogP contribution in [0.15, 0.2) is 18.2 Å². The summed E-state index contributed by atoms with van der Waals surface area (Å²) in [5.74, 6) is 0. The first kappa shape index (κ1) is 14.2. The smallest absolute Gasteiger partial charge is 0.0679 e. The molecule has 0 fully saturated rings. The highest BCUT2D eigenvalue weighted by atomic mass is 16.3. The van der Waals surface area contributed by atoms with Crippen LogP contribution in [-0.4, -0.2) is 36.2 Å². The number of benzene rings is 1. The van der Waals surface area contributed by atoms with Crippen molar-refractivity contribution in [1.82, 2.24) is 4.90 Å². The molecule has 1 atom stereocenters. The third-order valence-corrected chi connectivity index (χ3v) is 2.96. The molecule has 0 aliphatic carbocycles. The Morgan fingerprint density at radius 3 is 2.65 bits per heavy atom. The monoisotopic (exact) mass is 236 g/mol. The van der Waals surface area contributed by atoms with Crippen LogP contribution in [0, 0.1) is 13.8 Å². The van der Waals surface area contributed by atoms with Gasteiger partial charge in [0.15, 0.2) is 0 Å². The lowest BCUT2D eigenvalue weighted by Gasteiger charge is -2.21. The van der Waals surface area contributed by atoms with Gasteiger partial charge in [-0.1, -0.05) is 23.8 Å². The van der Waals surface area contributed by atoms with Gasteiger partial charge in [-0.15, -0.1) is 0 Å². The highest BCUT2D eigenvalue weighted by Gasteiger charge is 2.08. The van der Waals surface area contributed by atoms with E-state index in [1.807, 2.05) is 7.05 Å². The Bertz CT molecular complexity index is 352. The highest BCUT2D eigenvalue weighted by Crippen LogP contribution is 2.12. The highest BCUT2D eigenvalue weighted by molar-refractivity contribution is 5.30. The molecular formula is C14H24N2O. The molecule has 1 aromatic rings. The van der Waals surface area contributed by atoms with Gasteiger partial charge in [0.05, 0.1) is 6.10 Å². The number of nitrogens with zero attached hydrogens (tertiary/aromatic N) is 1. The Morgan fingerprint density at radius 1 is 1.35 bits per heavy atom. The SMILES string of the molecule is Cc1ccc(CN(C)CC(O)CCN)c(C)c1. The lowest BCUT2D eigenvalue weighted by atomic mass is 10.1. The van der Waals surface area contributed by atoms with E-state index in [1.165, 1.54) is 16.7 Å². The second-order valence-electron chi connectivity index (χ2n) is 4.86. The van der Waals surface area contributed by atoms with E-state index in [0.717, 1.165) is 6.54 Å². The van der Waals surface area contributed by atoms with E-state index in [2.05, 4.69) is 36.9 Å². The van der Waals surface area contributed by atoms with Gasteiger partial charge in [0, 0.05) is 13.1 Å². The van der Waals surface area contributed by atoms with E-state index in [9.17, 15) is 5.11 Å². The minimum Gasteiger partial charge on any atom is -0.392 e. The average Bonchev–Trinajstić information content (AvgIpc) is 2.22. The second-order valence-corrected chi connectivity index (χ2v) is 4.86. The molecule has 96 valence electrons. The number of aliphatic hydroxyl groups is 1. The zero-order chi connectivity index (χ0) is 12.8. The predicted molar refractivity (Wildman–Crippen MR) is 71.9 cm³/mol. The first-order valence-electron chi connectivity index (χ1n) is 6.15. The lowest BCUT2D eigenvalue weighted by molar-refractivity contribution is 0.117. The van der Waals surface area contributed by atoms with Crippen LogP contribution in [0.3, 0.4) is 0 Å². The fraction of sp³-hybridized carbons (Fsp3) is 0.571. The van der Waals surface area contributed by atoms with Crippen LogP contribution < -0.4 is 5.73 Å². The normalized spacial score (nSPS) is 13.1. The molecule has 0 heterocycles. The van der Waals surface area contributed by atoms with E-state index >= 15 is 0 Å². The number of hydrogen-bond acceptors (Lipinski definition) is 3. The topological polar surface area (TPSA) is 49.5 Å². The largest absolute Gasteiger partial charge is 0.392 e. The van der Waals surface area contributed by atoms with Crippen LogP contribution in [0.2, 0.25) is 0 Å². The molecule has 1 aromatic carbocycles. The lowest BCUT2D eigenvalue weighted by Crippen LogP contribution is -2.30. The zero-order valence-corrected chi connectivity index (χ0v) is 11.1. The van der Waals surface area contributed by atoms with Gasteiger partial charge < -0.3 is 10.8 Å². The Kier molecular flexibility index (Phi) is 5.62. The van der Waals surface area contributed by atoms with Crippen molar-refractivity contribution in [2.45, 2.75) is 32.9 Å². The Labute approximate surface area is 104 Å². The average molecular weight is 236 g/mol. The van der Waals surface area contributed by atoms with E-state index in [4.69, 9.17) is 5.73 Å². The van der Waals surface area contributed by atoms with Gasteiger partial charge in [0.25, 0.3) is 0 Å². The van der Waals surface area contributed by atoms with Crippen molar-refractivity contribution >= 4 is 0 Å². The van der Waals surface area contributed by atoms with Crippen LogP contribution in [0.25, 0.3) is 0 Å². The van der Waals surface area contributed by atoms with Crippen LogP contribution in [-0.2, 0) is 6.54 Å². The van der Waals surface area contributed by atoms with Crippen LogP contribution >= 0.6 is 0 Å². The van der Waals surface area contributed by atoms with Crippen molar-refractivity contribution in [3.8, 4) is 0 Å². The zero-order valence-electron chi connectivity index (χ0n) is 11.1. The molecule has 17 heavy (non-hydrogen) atoms. The number of rotatable bonds is 6. The maximum absolute atomic E-state index is 9.69. The third kappa shape index (κ3) is 4.86. The van der Waals surface area contributed by atoms with E-state index in [1.54, 1.807) is 0 Å². The summed E-state index contributed by atoms with van der Waals surface area (Å²) in [6.07, 6.45) is 0.341. The summed E-state index contributed by atoms with van der Waals surface area (Å²) < 4.78 is 0. The molecule has 0 aromatic heterocycles. The van der Waals surface area contributed by atoms with Crippen molar-refractivity contribution in [2.75, 3.05) is 20.1 Å². The van der Waals surface area contributed by atoms with Gasteiger partial charge in [-0.05, 0) is 45.0 Å². The summed E-state index contributed by atoms with van der Waals surface area (Å²) in [6, 6.07) is 6.49. The molecule has 0 spiro atoms. The summed E-state index contributed by atoms with van der Waals surface area (Å²) in [5.41, 5.74) is 9.34. The van der Waals surface area contributed by atoms with Crippen LogP contribution in [0.5, 0.6) is 0 Å². The minimum atomic E-state index is -0.323. The summed E-state index contributed by atoms with van der Waals surface area (Å²) in [5, 5.41) is 9.69. The predicted octanol–water partition coefficient (Wildman–Crippen LogP) is 1.44. The van der Waals surface area contributed by atoms with Gasteiger partial charge in [0.1, 0.15) is 0 Å². The number of aliphatic hydroxyl groups excluding tert-OH is 1. The molecule has 0 saturated heterocycles. The van der Waals surface area contributed by atoms with Gasteiger partial charge in [-0.3, -0.25) is 4.90 Å². The quantitative estimate of drug-likeness (QED) is 0.786. The van der Waals surface area contributed by atoms with Crippen molar-refractivity contribution in [1.29, 1.82) is 0 Å². The standard InChI is InChI=1S/C14H24N2O/c1-11-4-5-13(12(2)8-11)9-16(3)10-14(17)6-7-15/h4-5,8,14,17H,6-7,9-10,15H2,1-3H3. The summed E-state index contributed by atoms with van der Waals surface area (Å²) in [6.45, 7) is 6.31. The van der Waals surface area contributed by atoms with Crippen molar-refractivity contribution in [2.24, 2.45) is 5.73 Å². The van der Waals surface area contributed by atoms with Gasteiger partial charge in [-0.25, -0.2) is 0 Å². The molecule has 3 heteroatoms. The number of nitrogens with two attached hydrogens (primary N) is 1. The molecule has 0 saturated carbocycles. The Morgan fingerprint density at radius 2 is 2.06 bits per heavy atom. The van der Waals surface area contributed by atoms with Crippen LogP contribution in [0.4, 0.5) is 0 Å². The molecule has 0 bridgehead atoms. The number of hydrogen-bond donors (Lipinski definition) is 2. The number of likely N-dealkylation sites (N-methyl/N-ethyl adjacent to an activating group) is 1. The number of aryl methyl sites for hydroxylation is 2. The maximum atomic E-state index is 9.69. The molecule has 0 aliphatic rings. The van der Waals surface area contributed by atoms with Gasteiger partial charge in [-0.2, -0.15) is 0 Å². The Balaban J connectivity index is 2.52. The summed E-state index contributed by atoms with van der Waals surface area (Å²) in [7, 11) is 2.03. The van der Waals surface area contributed by atoms with Gasteiger partial charge >= 0.3 is 0 Å². The summed E-state index contributed by atoms with van der Waals surface area (Å²) in [4.78, 5) is 2.14. The first-order valence-corrected chi connectivity index (χ1v) is 6.15. The summed E-state index contributed by atoms with van der Waals surface area (Å²) >= 11 is 0. The molecule has 0 amide bonds. The molecular weight excluding hydrogens is 212 g/mol. The fourth-order valence-electron chi connectivity index (χ4n) is 2.02. The second kappa shape index (κ2) is 6.74. The molecule has 1 rings (SSSR count). The van der Waals surface area contributed by atoms with Crippen molar-refractivity contribution < 1.29 is 5.11 Å². The van der Waals surface area contributed by atoms with Gasteiger partial charge in [0.2, 0.25) is 0 Å². The third-order valence-electron chi connectivity index (χ3n) is 2.96.